The highest BCUT2D eigenvalue weighted by Crippen LogP contribution is 2.11. The van der Waals surface area contributed by atoms with E-state index in [-0.39, 0.29) is 6.10 Å². The van der Waals surface area contributed by atoms with Gasteiger partial charge in [0, 0.05) is 6.54 Å². The smallest absolute Gasteiger partial charge is 0.0667 e. The first kappa shape index (κ1) is 25.9. The molecular weight excluding hydrogens is 318 g/mol. The van der Waals surface area contributed by atoms with Crippen LogP contribution in [0.1, 0.15) is 130 Å². The summed E-state index contributed by atoms with van der Waals surface area (Å²) >= 11 is 0. The fourth-order valence-corrected chi connectivity index (χ4v) is 3.71. The van der Waals surface area contributed by atoms with Crippen molar-refractivity contribution in [2.75, 3.05) is 19.6 Å². The molecule has 0 amide bonds. The first-order chi connectivity index (χ1) is 12.7. The molecule has 1 N–H and O–H groups in total. The molecule has 2 heteroatoms. The Hall–Kier alpha value is -0.0800. The quantitative estimate of drug-likeness (QED) is 0.214. The Morgan fingerprint density at radius 3 is 1.35 bits per heavy atom. The van der Waals surface area contributed by atoms with Gasteiger partial charge < -0.3 is 10.0 Å². The largest absolute Gasteiger partial charge is 0.392 e. The van der Waals surface area contributed by atoms with Crippen molar-refractivity contribution in [1.82, 2.24) is 4.90 Å². The van der Waals surface area contributed by atoms with Gasteiger partial charge in [-0.2, -0.15) is 0 Å². The summed E-state index contributed by atoms with van der Waals surface area (Å²) in [6.07, 6.45) is 22.4. The molecule has 0 fully saturated rings. The van der Waals surface area contributed by atoms with Gasteiger partial charge in [0.2, 0.25) is 0 Å². The highest BCUT2D eigenvalue weighted by molar-refractivity contribution is 4.66. The Morgan fingerprint density at radius 2 is 0.923 bits per heavy atom. The van der Waals surface area contributed by atoms with Crippen LogP contribution in [0, 0.1) is 0 Å². The van der Waals surface area contributed by atoms with E-state index in [1.165, 1.54) is 109 Å². The fraction of sp³-hybridized carbons (Fsp3) is 1.00. The molecule has 26 heavy (non-hydrogen) atoms. The lowest BCUT2D eigenvalue weighted by atomic mass is 10.1. The predicted octanol–water partition coefficient (Wildman–Crippen LogP) is 7.34. The van der Waals surface area contributed by atoms with Gasteiger partial charge in [0.15, 0.2) is 0 Å². The summed E-state index contributed by atoms with van der Waals surface area (Å²) < 4.78 is 0. The minimum atomic E-state index is -0.121. The van der Waals surface area contributed by atoms with Crippen LogP contribution in [-0.4, -0.2) is 35.7 Å². The van der Waals surface area contributed by atoms with Crippen molar-refractivity contribution >= 4 is 0 Å². The van der Waals surface area contributed by atoms with E-state index in [9.17, 15) is 5.11 Å². The van der Waals surface area contributed by atoms with E-state index < -0.39 is 0 Å². The second-order valence-electron chi connectivity index (χ2n) is 8.34. The molecule has 0 aliphatic heterocycles. The summed E-state index contributed by atoms with van der Waals surface area (Å²) in [5, 5.41) is 10.3. The van der Waals surface area contributed by atoms with Crippen molar-refractivity contribution in [1.29, 1.82) is 0 Å². The fourth-order valence-electron chi connectivity index (χ4n) is 3.71. The normalized spacial score (nSPS) is 12.8. The van der Waals surface area contributed by atoms with Crippen LogP contribution in [0.2, 0.25) is 0 Å². The number of nitrogens with zero attached hydrogens (tertiary/aromatic N) is 1. The van der Waals surface area contributed by atoms with Crippen LogP contribution >= 0.6 is 0 Å². The van der Waals surface area contributed by atoms with E-state index in [0.717, 1.165) is 19.4 Å². The van der Waals surface area contributed by atoms with Gasteiger partial charge in [0.1, 0.15) is 0 Å². The Balaban J connectivity index is 3.89. The van der Waals surface area contributed by atoms with Gasteiger partial charge in [-0.25, -0.2) is 0 Å². The number of hydrogen-bond acceptors (Lipinski definition) is 2. The van der Waals surface area contributed by atoms with Gasteiger partial charge in [0.05, 0.1) is 6.10 Å². The maximum atomic E-state index is 10.3. The van der Waals surface area contributed by atoms with Crippen LogP contribution < -0.4 is 0 Å². The lowest BCUT2D eigenvalue weighted by Gasteiger charge is -2.25. The summed E-state index contributed by atoms with van der Waals surface area (Å²) in [5.41, 5.74) is 0. The molecule has 0 aliphatic carbocycles. The SMILES string of the molecule is CCCCCCCCCN(CCCCCCCCC)CC(O)CCCC. The summed E-state index contributed by atoms with van der Waals surface area (Å²) in [6, 6.07) is 0. The molecule has 1 atom stereocenters. The average Bonchev–Trinajstić information content (AvgIpc) is 2.64. The highest BCUT2D eigenvalue weighted by atomic mass is 16.3. The molecule has 0 saturated heterocycles. The molecule has 1 unspecified atom stereocenters. The molecule has 0 aromatic carbocycles. The average molecular weight is 370 g/mol. The maximum absolute atomic E-state index is 10.3. The number of rotatable bonds is 21. The molecule has 0 spiro atoms. The Labute approximate surface area is 166 Å². The standard InChI is InChI=1S/C24H51NO/c1-4-7-10-12-14-16-18-21-25(23-24(26)20-9-6-3)22-19-17-15-13-11-8-5-2/h24,26H,4-23H2,1-3H3. The molecule has 0 saturated carbocycles. The van der Waals surface area contributed by atoms with Crippen molar-refractivity contribution in [2.45, 2.75) is 136 Å². The third-order valence-corrected chi connectivity index (χ3v) is 5.52. The zero-order valence-corrected chi connectivity index (χ0v) is 18.6. The van der Waals surface area contributed by atoms with E-state index in [1.807, 2.05) is 0 Å². The molecule has 2 nitrogen and oxygen atoms in total. The van der Waals surface area contributed by atoms with Crippen molar-refractivity contribution in [3.8, 4) is 0 Å². The van der Waals surface area contributed by atoms with Crippen LogP contribution in [0.15, 0.2) is 0 Å². The molecule has 0 rings (SSSR count). The molecule has 0 aromatic rings. The van der Waals surface area contributed by atoms with E-state index in [2.05, 4.69) is 25.7 Å². The second kappa shape index (κ2) is 21.2. The molecule has 158 valence electrons. The third kappa shape index (κ3) is 18.7. The van der Waals surface area contributed by atoms with E-state index in [4.69, 9.17) is 0 Å². The monoisotopic (exact) mass is 369 g/mol. The van der Waals surface area contributed by atoms with Crippen LogP contribution in [0.5, 0.6) is 0 Å². The predicted molar refractivity (Wildman–Crippen MR) is 118 cm³/mol. The van der Waals surface area contributed by atoms with E-state index in [1.54, 1.807) is 0 Å². The lowest BCUT2D eigenvalue weighted by molar-refractivity contribution is 0.101. The van der Waals surface area contributed by atoms with Crippen LogP contribution in [-0.2, 0) is 0 Å². The Morgan fingerprint density at radius 1 is 0.538 bits per heavy atom. The summed E-state index contributed by atoms with van der Waals surface area (Å²) in [7, 11) is 0. The maximum Gasteiger partial charge on any atom is 0.0667 e. The van der Waals surface area contributed by atoms with Gasteiger partial charge in [-0.1, -0.05) is 111 Å². The van der Waals surface area contributed by atoms with Gasteiger partial charge in [0.25, 0.3) is 0 Å². The van der Waals surface area contributed by atoms with Crippen molar-refractivity contribution in [2.24, 2.45) is 0 Å². The minimum absolute atomic E-state index is 0.121. The number of hydrogen-bond donors (Lipinski definition) is 1. The van der Waals surface area contributed by atoms with Crippen LogP contribution in [0.3, 0.4) is 0 Å². The van der Waals surface area contributed by atoms with Crippen LogP contribution in [0.4, 0.5) is 0 Å². The van der Waals surface area contributed by atoms with Gasteiger partial charge in [-0.15, -0.1) is 0 Å². The van der Waals surface area contributed by atoms with Crippen LogP contribution in [0.25, 0.3) is 0 Å². The topological polar surface area (TPSA) is 23.5 Å². The number of unbranched alkanes of at least 4 members (excludes halogenated alkanes) is 13. The lowest BCUT2D eigenvalue weighted by Crippen LogP contribution is -2.34. The molecule has 0 aromatic heterocycles. The van der Waals surface area contributed by atoms with E-state index in [0.29, 0.717) is 0 Å². The number of aliphatic hydroxyl groups is 1. The summed E-state index contributed by atoms with van der Waals surface area (Å²) in [5.74, 6) is 0. The first-order valence-electron chi connectivity index (χ1n) is 12.1. The Kier molecular flexibility index (Phi) is 21.2. The third-order valence-electron chi connectivity index (χ3n) is 5.52. The molecule has 0 bridgehead atoms. The van der Waals surface area contributed by atoms with Crippen molar-refractivity contribution < 1.29 is 5.11 Å². The van der Waals surface area contributed by atoms with E-state index >= 15 is 0 Å². The van der Waals surface area contributed by atoms with Crippen molar-refractivity contribution in [3.05, 3.63) is 0 Å². The van der Waals surface area contributed by atoms with Gasteiger partial charge >= 0.3 is 0 Å². The molecule has 0 radical (unpaired) electrons. The molecule has 0 aliphatic rings. The summed E-state index contributed by atoms with van der Waals surface area (Å²) in [4.78, 5) is 2.55. The van der Waals surface area contributed by atoms with Gasteiger partial charge in [-0.05, 0) is 32.4 Å². The van der Waals surface area contributed by atoms with Crippen molar-refractivity contribution in [3.63, 3.8) is 0 Å². The highest BCUT2D eigenvalue weighted by Gasteiger charge is 2.11. The number of aliphatic hydroxyl groups excluding tert-OH is 1. The minimum Gasteiger partial charge on any atom is -0.392 e. The molecule has 0 heterocycles. The zero-order valence-electron chi connectivity index (χ0n) is 18.6. The summed E-state index contributed by atoms with van der Waals surface area (Å²) in [6.45, 7) is 10.0. The zero-order chi connectivity index (χ0) is 19.3. The Bertz CT molecular complexity index is 239. The molecular formula is C24H51NO. The first-order valence-corrected chi connectivity index (χ1v) is 12.1. The van der Waals surface area contributed by atoms with Gasteiger partial charge in [-0.3, -0.25) is 0 Å². The second-order valence-corrected chi connectivity index (χ2v) is 8.34.